The molecule has 0 unspecified atom stereocenters. The number of aryl methyl sites for hydroxylation is 1. The van der Waals surface area contributed by atoms with Crippen LogP contribution in [0.3, 0.4) is 0 Å². The Kier molecular flexibility index (Phi) is 7.00. The third kappa shape index (κ3) is 5.77. The van der Waals surface area contributed by atoms with Gasteiger partial charge in [0.25, 0.3) is 0 Å². The van der Waals surface area contributed by atoms with Crippen molar-refractivity contribution in [2.75, 3.05) is 7.11 Å². The molecule has 0 aliphatic heterocycles. The lowest BCUT2D eigenvalue weighted by atomic mass is 10.1. The molecule has 33 heavy (non-hydrogen) atoms. The fourth-order valence-corrected chi connectivity index (χ4v) is 3.35. The SMILES string of the molecule is COC(=O)Cc1ccccc1OCc1ccc(/C=C/c2nc(-c3ccccc3)oc2C)cc1. The van der Waals surface area contributed by atoms with Crippen LogP contribution in [0.15, 0.2) is 83.3 Å². The highest BCUT2D eigenvalue weighted by Gasteiger charge is 2.10. The molecule has 4 rings (SSSR count). The summed E-state index contributed by atoms with van der Waals surface area (Å²) in [6, 6.07) is 25.5. The Morgan fingerprint density at radius 1 is 0.939 bits per heavy atom. The lowest BCUT2D eigenvalue weighted by molar-refractivity contribution is -0.139. The van der Waals surface area contributed by atoms with Crippen molar-refractivity contribution in [2.45, 2.75) is 20.0 Å². The van der Waals surface area contributed by atoms with Crippen LogP contribution < -0.4 is 4.74 Å². The highest BCUT2D eigenvalue weighted by molar-refractivity contribution is 5.73. The van der Waals surface area contributed by atoms with Gasteiger partial charge in [-0.05, 0) is 42.3 Å². The number of esters is 1. The predicted octanol–water partition coefficient (Wildman–Crippen LogP) is 6.11. The van der Waals surface area contributed by atoms with Gasteiger partial charge in [0.15, 0.2) is 0 Å². The first-order chi connectivity index (χ1) is 16.1. The van der Waals surface area contributed by atoms with Gasteiger partial charge in [-0.3, -0.25) is 4.79 Å². The van der Waals surface area contributed by atoms with Crippen molar-refractivity contribution >= 4 is 18.1 Å². The number of methoxy groups -OCH3 is 1. The predicted molar refractivity (Wildman–Crippen MR) is 129 cm³/mol. The first kappa shape index (κ1) is 22.1. The molecule has 5 nitrogen and oxygen atoms in total. The van der Waals surface area contributed by atoms with Crippen LogP contribution in [0, 0.1) is 6.92 Å². The maximum absolute atomic E-state index is 11.6. The number of benzene rings is 3. The maximum atomic E-state index is 11.6. The number of ether oxygens (including phenoxy) is 2. The van der Waals surface area contributed by atoms with Crippen molar-refractivity contribution in [2.24, 2.45) is 0 Å². The van der Waals surface area contributed by atoms with Gasteiger partial charge in [0, 0.05) is 11.1 Å². The van der Waals surface area contributed by atoms with Gasteiger partial charge < -0.3 is 13.9 Å². The molecule has 0 aliphatic carbocycles. The van der Waals surface area contributed by atoms with E-state index in [1.165, 1.54) is 7.11 Å². The Morgan fingerprint density at radius 3 is 2.42 bits per heavy atom. The number of oxazole rings is 1. The van der Waals surface area contributed by atoms with Gasteiger partial charge in [-0.15, -0.1) is 0 Å². The summed E-state index contributed by atoms with van der Waals surface area (Å²) in [6.45, 7) is 2.32. The molecule has 0 saturated carbocycles. The van der Waals surface area contributed by atoms with Crippen molar-refractivity contribution in [3.63, 3.8) is 0 Å². The Bertz CT molecular complexity index is 1240. The summed E-state index contributed by atoms with van der Waals surface area (Å²) >= 11 is 0. The summed E-state index contributed by atoms with van der Waals surface area (Å²) < 4.78 is 16.5. The lowest BCUT2D eigenvalue weighted by Gasteiger charge is -2.11. The van der Waals surface area contributed by atoms with Gasteiger partial charge >= 0.3 is 5.97 Å². The highest BCUT2D eigenvalue weighted by Crippen LogP contribution is 2.23. The second-order valence-corrected chi connectivity index (χ2v) is 7.55. The van der Waals surface area contributed by atoms with Crippen LogP contribution in [0.25, 0.3) is 23.6 Å². The van der Waals surface area contributed by atoms with Crippen LogP contribution in [0.5, 0.6) is 5.75 Å². The monoisotopic (exact) mass is 439 g/mol. The summed E-state index contributed by atoms with van der Waals surface area (Å²) in [5.74, 6) is 1.79. The van der Waals surface area contributed by atoms with E-state index in [2.05, 4.69) is 4.98 Å². The number of hydrogen-bond donors (Lipinski definition) is 0. The number of carbonyl (C=O) groups excluding carboxylic acids is 1. The topological polar surface area (TPSA) is 61.6 Å². The molecule has 3 aromatic carbocycles. The summed E-state index contributed by atoms with van der Waals surface area (Å²) in [5, 5.41) is 0. The molecule has 0 radical (unpaired) electrons. The van der Waals surface area contributed by atoms with E-state index in [1.54, 1.807) is 0 Å². The normalized spacial score (nSPS) is 11.0. The third-order valence-electron chi connectivity index (χ3n) is 5.20. The van der Waals surface area contributed by atoms with Crippen LogP contribution in [-0.4, -0.2) is 18.1 Å². The molecule has 1 heterocycles. The van der Waals surface area contributed by atoms with E-state index in [4.69, 9.17) is 13.9 Å². The van der Waals surface area contributed by atoms with Gasteiger partial charge in [0.2, 0.25) is 5.89 Å². The minimum Gasteiger partial charge on any atom is -0.489 e. The fraction of sp³-hybridized carbons (Fsp3) is 0.143. The van der Waals surface area contributed by atoms with E-state index < -0.39 is 0 Å². The second-order valence-electron chi connectivity index (χ2n) is 7.55. The molecule has 0 amide bonds. The quantitative estimate of drug-likeness (QED) is 0.310. The number of nitrogens with zero attached hydrogens (tertiary/aromatic N) is 1. The van der Waals surface area contributed by atoms with Gasteiger partial charge in [-0.1, -0.05) is 66.7 Å². The average Bonchev–Trinajstić information content (AvgIpc) is 3.23. The molecule has 4 aromatic rings. The average molecular weight is 440 g/mol. The Balaban J connectivity index is 1.39. The summed E-state index contributed by atoms with van der Waals surface area (Å²) in [6.07, 6.45) is 4.15. The van der Waals surface area contributed by atoms with Crippen LogP contribution in [0.1, 0.15) is 28.1 Å². The molecule has 5 heteroatoms. The van der Waals surface area contributed by atoms with E-state index in [9.17, 15) is 4.79 Å². The van der Waals surface area contributed by atoms with E-state index in [1.807, 2.05) is 97.9 Å². The van der Waals surface area contributed by atoms with Gasteiger partial charge in [-0.25, -0.2) is 4.98 Å². The second kappa shape index (κ2) is 10.5. The van der Waals surface area contributed by atoms with Crippen LogP contribution >= 0.6 is 0 Å². The maximum Gasteiger partial charge on any atom is 0.310 e. The smallest absolute Gasteiger partial charge is 0.310 e. The molecule has 166 valence electrons. The van der Waals surface area contributed by atoms with Gasteiger partial charge in [0.1, 0.15) is 23.8 Å². The molecule has 1 aromatic heterocycles. The molecule has 0 bridgehead atoms. The summed E-state index contributed by atoms with van der Waals surface area (Å²) in [5.41, 5.74) is 4.65. The molecular formula is C28H25NO4. The van der Waals surface area contributed by atoms with Crippen molar-refractivity contribution in [3.05, 3.63) is 107 Å². The number of carbonyl (C=O) groups is 1. The van der Waals surface area contributed by atoms with E-state index in [0.717, 1.165) is 33.7 Å². The largest absolute Gasteiger partial charge is 0.489 e. The first-order valence-electron chi connectivity index (χ1n) is 10.7. The van der Waals surface area contributed by atoms with Crippen molar-refractivity contribution < 1.29 is 18.7 Å². The lowest BCUT2D eigenvalue weighted by Crippen LogP contribution is -2.06. The van der Waals surface area contributed by atoms with Crippen molar-refractivity contribution in [1.29, 1.82) is 0 Å². The van der Waals surface area contributed by atoms with Crippen molar-refractivity contribution in [1.82, 2.24) is 4.98 Å². The number of rotatable bonds is 8. The molecular weight excluding hydrogens is 414 g/mol. The molecule has 0 spiro atoms. The first-order valence-corrected chi connectivity index (χ1v) is 10.7. The number of para-hydroxylation sites is 1. The standard InChI is InChI=1S/C28H25NO4/c1-20-25(29-28(33-20)23-8-4-3-5-9-23)17-16-21-12-14-22(15-13-21)19-32-26-11-7-6-10-24(26)18-27(30)31-2/h3-17H,18-19H2,1-2H3/b17-16+. The molecule has 0 atom stereocenters. The summed E-state index contributed by atoms with van der Waals surface area (Å²) in [7, 11) is 1.38. The summed E-state index contributed by atoms with van der Waals surface area (Å²) in [4.78, 5) is 16.2. The highest BCUT2D eigenvalue weighted by atomic mass is 16.5. The zero-order chi connectivity index (χ0) is 23.0. The molecule has 0 aliphatic rings. The van der Waals surface area contributed by atoms with Crippen LogP contribution in [0.2, 0.25) is 0 Å². The van der Waals surface area contributed by atoms with E-state index in [0.29, 0.717) is 18.2 Å². The number of aromatic nitrogens is 1. The number of hydrogen-bond acceptors (Lipinski definition) is 5. The Morgan fingerprint density at radius 2 is 1.67 bits per heavy atom. The van der Waals surface area contributed by atoms with Crippen LogP contribution in [0.4, 0.5) is 0 Å². The third-order valence-corrected chi connectivity index (χ3v) is 5.20. The minimum atomic E-state index is -0.291. The molecule has 0 saturated heterocycles. The minimum absolute atomic E-state index is 0.184. The van der Waals surface area contributed by atoms with E-state index in [-0.39, 0.29) is 12.4 Å². The molecule has 0 fully saturated rings. The Hall–Kier alpha value is -4.12. The van der Waals surface area contributed by atoms with Crippen LogP contribution in [-0.2, 0) is 22.6 Å². The zero-order valence-corrected chi connectivity index (χ0v) is 18.7. The van der Waals surface area contributed by atoms with Gasteiger partial charge in [0.05, 0.1) is 13.5 Å². The van der Waals surface area contributed by atoms with E-state index >= 15 is 0 Å². The zero-order valence-electron chi connectivity index (χ0n) is 18.7. The van der Waals surface area contributed by atoms with Crippen molar-refractivity contribution in [3.8, 4) is 17.2 Å². The van der Waals surface area contributed by atoms with Gasteiger partial charge in [-0.2, -0.15) is 0 Å². The molecule has 0 N–H and O–H groups in total. The fourth-order valence-electron chi connectivity index (χ4n) is 3.35. The Labute approximate surface area is 193 Å².